The van der Waals surface area contributed by atoms with E-state index in [4.69, 9.17) is 9.47 Å². The predicted molar refractivity (Wildman–Crippen MR) is 83.1 cm³/mol. The molecule has 0 radical (unpaired) electrons. The summed E-state index contributed by atoms with van der Waals surface area (Å²) in [5.41, 5.74) is 0.768. The summed E-state index contributed by atoms with van der Waals surface area (Å²) in [6, 6.07) is 6.65. The lowest BCUT2D eigenvalue weighted by Crippen LogP contribution is -2.42. The summed E-state index contributed by atoms with van der Waals surface area (Å²) < 4.78 is 10.6. The summed E-state index contributed by atoms with van der Waals surface area (Å²) in [5.74, 6) is 2.28. The van der Waals surface area contributed by atoms with E-state index in [-0.39, 0.29) is 12.7 Å². The Hall–Kier alpha value is -1.75. The van der Waals surface area contributed by atoms with Gasteiger partial charge in [0.15, 0.2) is 11.5 Å². The molecule has 1 amide bonds. The van der Waals surface area contributed by atoms with Crippen molar-refractivity contribution in [2.45, 2.75) is 44.7 Å². The van der Waals surface area contributed by atoms with Crippen molar-refractivity contribution >= 4 is 11.6 Å². The normalized spacial score (nSPS) is 21.0. The number of carbonyl (C=O) groups is 1. The summed E-state index contributed by atoms with van der Waals surface area (Å²) >= 11 is 0. The Kier molecular flexibility index (Phi) is 3.45. The smallest absolute Gasteiger partial charge is 0.238 e. The number of ether oxygens (including phenoxy) is 2. The molecule has 4 rings (SSSR count). The highest BCUT2D eigenvalue weighted by molar-refractivity contribution is 5.92. The van der Waals surface area contributed by atoms with Gasteiger partial charge in [-0.3, -0.25) is 9.69 Å². The minimum absolute atomic E-state index is 0.0539. The van der Waals surface area contributed by atoms with Gasteiger partial charge < -0.3 is 14.8 Å². The van der Waals surface area contributed by atoms with Crippen molar-refractivity contribution in [1.29, 1.82) is 0 Å². The molecule has 1 aromatic rings. The molecule has 1 aliphatic heterocycles. The maximum absolute atomic E-state index is 12.4. The minimum atomic E-state index is 0.0539. The van der Waals surface area contributed by atoms with E-state index in [2.05, 4.69) is 17.1 Å². The lowest BCUT2D eigenvalue weighted by molar-refractivity contribution is -0.118. The fourth-order valence-electron chi connectivity index (χ4n) is 3.20. The van der Waals surface area contributed by atoms with Crippen LogP contribution in [0.5, 0.6) is 11.5 Å². The van der Waals surface area contributed by atoms with Gasteiger partial charge in [0.1, 0.15) is 0 Å². The highest BCUT2D eigenvalue weighted by Gasteiger charge is 2.39. The van der Waals surface area contributed by atoms with E-state index in [9.17, 15) is 4.79 Å². The van der Waals surface area contributed by atoms with Gasteiger partial charge in [-0.15, -0.1) is 0 Å². The summed E-state index contributed by atoms with van der Waals surface area (Å²) in [5, 5.41) is 2.98. The topological polar surface area (TPSA) is 50.8 Å². The molecule has 22 heavy (non-hydrogen) atoms. The number of fused-ring (bicyclic) bond motifs is 1. The molecule has 1 atom stereocenters. The standard InChI is InChI=1S/C17H22N2O3/c1-11(12-2-3-12)19(14-5-6-14)9-17(20)18-13-4-7-15-16(8-13)22-10-21-15/h4,7-8,11-12,14H,2-3,5-6,9-10H2,1H3,(H,18,20). The molecule has 5 nitrogen and oxygen atoms in total. The summed E-state index contributed by atoms with van der Waals surface area (Å²) in [6.07, 6.45) is 5.09. The number of hydrogen-bond donors (Lipinski definition) is 1. The molecule has 1 unspecified atom stereocenters. The zero-order chi connectivity index (χ0) is 15.1. The van der Waals surface area contributed by atoms with Crippen LogP contribution in [0.2, 0.25) is 0 Å². The van der Waals surface area contributed by atoms with E-state index in [1.807, 2.05) is 18.2 Å². The van der Waals surface area contributed by atoms with Crippen molar-refractivity contribution in [3.8, 4) is 11.5 Å². The van der Waals surface area contributed by atoms with Crippen LogP contribution in [-0.4, -0.2) is 36.2 Å². The number of nitrogens with one attached hydrogen (secondary N) is 1. The Morgan fingerprint density at radius 2 is 2.05 bits per heavy atom. The van der Waals surface area contributed by atoms with Gasteiger partial charge in [-0.25, -0.2) is 0 Å². The first kappa shape index (κ1) is 13.9. The van der Waals surface area contributed by atoms with Crippen molar-refractivity contribution in [3.63, 3.8) is 0 Å². The van der Waals surface area contributed by atoms with Gasteiger partial charge in [0.25, 0.3) is 0 Å². The van der Waals surface area contributed by atoms with Gasteiger partial charge in [-0.2, -0.15) is 0 Å². The molecular formula is C17H22N2O3. The third-order valence-electron chi connectivity index (χ3n) is 4.83. The van der Waals surface area contributed by atoms with Crippen LogP contribution in [0, 0.1) is 5.92 Å². The van der Waals surface area contributed by atoms with Gasteiger partial charge >= 0.3 is 0 Å². The number of amides is 1. The molecule has 2 saturated carbocycles. The van der Waals surface area contributed by atoms with Crippen LogP contribution in [0.3, 0.4) is 0 Å². The molecular weight excluding hydrogens is 280 g/mol. The van der Waals surface area contributed by atoms with Gasteiger partial charge in [0.05, 0.1) is 6.54 Å². The van der Waals surface area contributed by atoms with Crippen molar-refractivity contribution in [2.75, 3.05) is 18.7 Å². The molecule has 118 valence electrons. The Morgan fingerprint density at radius 1 is 1.27 bits per heavy atom. The second kappa shape index (κ2) is 5.47. The average Bonchev–Trinajstić information content (AvgIpc) is 3.41. The number of carbonyl (C=O) groups excluding carboxylic acids is 1. The fraction of sp³-hybridized carbons (Fsp3) is 0.588. The molecule has 1 aromatic carbocycles. The lowest BCUT2D eigenvalue weighted by atomic mass is 10.1. The van der Waals surface area contributed by atoms with E-state index in [1.54, 1.807) is 0 Å². The fourth-order valence-corrected chi connectivity index (χ4v) is 3.20. The summed E-state index contributed by atoms with van der Waals surface area (Å²) in [6.45, 7) is 3.00. The number of rotatable bonds is 6. The van der Waals surface area contributed by atoms with E-state index >= 15 is 0 Å². The highest BCUT2D eigenvalue weighted by Crippen LogP contribution is 2.39. The monoisotopic (exact) mass is 302 g/mol. The van der Waals surface area contributed by atoms with Crippen molar-refractivity contribution in [1.82, 2.24) is 4.90 Å². The number of nitrogens with zero attached hydrogens (tertiary/aromatic N) is 1. The van der Waals surface area contributed by atoms with Crippen molar-refractivity contribution in [2.24, 2.45) is 5.92 Å². The molecule has 2 aliphatic carbocycles. The first-order chi connectivity index (χ1) is 10.7. The van der Waals surface area contributed by atoms with Gasteiger partial charge in [-0.05, 0) is 50.7 Å². The molecule has 1 N–H and O–H groups in total. The van der Waals surface area contributed by atoms with E-state index < -0.39 is 0 Å². The number of anilines is 1. The SMILES string of the molecule is CC(C1CC1)N(CC(=O)Nc1ccc2c(c1)OCO2)C1CC1. The van der Waals surface area contributed by atoms with Crippen molar-refractivity contribution in [3.05, 3.63) is 18.2 Å². The largest absolute Gasteiger partial charge is 0.454 e. The van der Waals surface area contributed by atoms with Crippen LogP contribution >= 0.6 is 0 Å². The Bertz CT molecular complexity index is 581. The van der Waals surface area contributed by atoms with E-state index in [1.165, 1.54) is 25.7 Å². The first-order valence-electron chi connectivity index (χ1n) is 8.16. The van der Waals surface area contributed by atoms with Gasteiger partial charge in [0.2, 0.25) is 12.7 Å². The molecule has 0 spiro atoms. The van der Waals surface area contributed by atoms with Gasteiger partial charge in [0, 0.05) is 23.8 Å². The highest BCUT2D eigenvalue weighted by atomic mass is 16.7. The average molecular weight is 302 g/mol. The molecule has 2 fully saturated rings. The summed E-state index contributed by atoms with van der Waals surface area (Å²) in [7, 11) is 0. The van der Waals surface area contributed by atoms with Gasteiger partial charge in [-0.1, -0.05) is 0 Å². The van der Waals surface area contributed by atoms with Crippen molar-refractivity contribution < 1.29 is 14.3 Å². The number of benzene rings is 1. The zero-order valence-corrected chi connectivity index (χ0v) is 12.9. The van der Waals surface area contributed by atoms with Crippen LogP contribution in [-0.2, 0) is 4.79 Å². The second-order valence-electron chi connectivity index (χ2n) is 6.60. The maximum Gasteiger partial charge on any atom is 0.238 e. The predicted octanol–water partition coefficient (Wildman–Crippen LogP) is 2.62. The molecule has 1 heterocycles. The van der Waals surface area contributed by atoms with Crippen LogP contribution < -0.4 is 14.8 Å². The summed E-state index contributed by atoms with van der Waals surface area (Å²) in [4.78, 5) is 14.8. The Balaban J connectivity index is 1.38. The molecule has 3 aliphatic rings. The molecule has 0 saturated heterocycles. The number of hydrogen-bond acceptors (Lipinski definition) is 4. The second-order valence-corrected chi connectivity index (χ2v) is 6.60. The Morgan fingerprint density at radius 3 is 2.77 bits per heavy atom. The van der Waals surface area contributed by atoms with Crippen LogP contribution in [0.4, 0.5) is 5.69 Å². The van der Waals surface area contributed by atoms with E-state index in [0.29, 0.717) is 24.4 Å². The van der Waals surface area contributed by atoms with E-state index in [0.717, 1.165) is 17.4 Å². The van der Waals surface area contributed by atoms with Crippen LogP contribution in [0.1, 0.15) is 32.6 Å². The zero-order valence-electron chi connectivity index (χ0n) is 12.9. The molecule has 5 heteroatoms. The molecule has 0 aromatic heterocycles. The molecule has 0 bridgehead atoms. The quantitative estimate of drug-likeness (QED) is 0.877. The third kappa shape index (κ3) is 2.90. The van der Waals surface area contributed by atoms with Crippen LogP contribution in [0.25, 0.3) is 0 Å². The minimum Gasteiger partial charge on any atom is -0.454 e. The van der Waals surface area contributed by atoms with Crippen LogP contribution in [0.15, 0.2) is 18.2 Å². The lowest BCUT2D eigenvalue weighted by Gasteiger charge is -2.28. The first-order valence-corrected chi connectivity index (χ1v) is 8.16. The Labute approximate surface area is 130 Å². The third-order valence-corrected chi connectivity index (χ3v) is 4.83. The maximum atomic E-state index is 12.4.